The van der Waals surface area contributed by atoms with Gasteiger partial charge in [-0.25, -0.2) is 0 Å². The smallest absolute Gasteiger partial charge is 0.171 e. The number of allylic oxidation sites excluding steroid dienone is 1. The zero-order valence-electron chi connectivity index (χ0n) is 13.1. The average molecular weight is 315 g/mol. The maximum atomic E-state index is 5.47. The van der Waals surface area contributed by atoms with E-state index in [1.165, 1.54) is 37.7 Å². The van der Waals surface area contributed by atoms with Crippen molar-refractivity contribution in [1.82, 2.24) is 15.1 Å². The van der Waals surface area contributed by atoms with Crippen LogP contribution < -0.4 is 5.32 Å². The number of hydrogen-bond acceptors (Lipinski definition) is 2. The second-order valence-corrected chi connectivity index (χ2v) is 6.60. The summed E-state index contributed by atoms with van der Waals surface area (Å²) in [5, 5.41) is 4.23. The van der Waals surface area contributed by atoms with Gasteiger partial charge in [0.05, 0.1) is 13.3 Å². The molecule has 0 radical (unpaired) electrons. The quantitative estimate of drug-likeness (QED) is 0.662. The highest BCUT2D eigenvalue weighted by atomic mass is 32.1. The van der Waals surface area contributed by atoms with Crippen molar-refractivity contribution in [2.75, 3.05) is 19.9 Å². The summed E-state index contributed by atoms with van der Waals surface area (Å²) in [6.45, 7) is 3.80. The van der Waals surface area contributed by atoms with Gasteiger partial charge in [0.2, 0.25) is 0 Å². The standard InChI is InChI=1S/C18H25N3S/c22-18-19-14-20(12-11-16-7-3-1-4-8-16)15-21(18)13-17-9-5-2-6-10-17/h2,5-7,9-10H,1,3-4,8,11-15H2,(H,19,22). The molecule has 4 heteroatoms. The van der Waals surface area contributed by atoms with E-state index in [1.54, 1.807) is 5.57 Å². The lowest BCUT2D eigenvalue weighted by Gasteiger charge is -2.38. The Hall–Kier alpha value is -1.39. The van der Waals surface area contributed by atoms with Gasteiger partial charge in [-0.15, -0.1) is 0 Å². The van der Waals surface area contributed by atoms with Gasteiger partial charge >= 0.3 is 0 Å². The van der Waals surface area contributed by atoms with Gasteiger partial charge in [0, 0.05) is 13.1 Å². The van der Waals surface area contributed by atoms with E-state index < -0.39 is 0 Å². The van der Waals surface area contributed by atoms with E-state index in [1.807, 2.05) is 0 Å². The molecule has 1 aromatic carbocycles. The molecule has 0 bridgehead atoms. The molecule has 3 rings (SSSR count). The Morgan fingerprint density at radius 1 is 1.14 bits per heavy atom. The molecule has 2 aliphatic rings. The summed E-state index contributed by atoms with van der Waals surface area (Å²) in [7, 11) is 0. The highest BCUT2D eigenvalue weighted by Gasteiger charge is 2.20. The Morgan fingerprint density at radius 2 is 2.00 bits per heavy atom. The van der Waals surface area contributed by atoms with Crippen LogP contribution >= 0.6 is 12.2 Å². The number of thiocarbonyl (C=S) groups is 1. The van der Waals surface area contributed by atoms with Gasteiger partial charge in [0.15, 0.2) is 5.11 Å². The monoisotopic (exact) mass is 315 g/mol. The van der Waals surface area contributed by atoms with Crippen LogP contribution in [0.15, 0.2) is 42.0 Å². The molecule has 0 atom stereocenters. The first kappa shape index (κ1) is 15.5. The highest BCUT2D eigenvalue weighted by molar-refractivity contribution is 7.80. The first-order chi connectivity index (χ1) is 10.8. The van der Waals surface area contributed by atoms with Crippen molar-refractivity contribution in [2.45, 2.75) is 38.6 Å². The topological polar surface area (TPSA) is 18.5 Å². The fourth-order valence-corrected chi connectivity index (χ4v) is 3.34. The van der Waals surface area contributed by atoms with Crippen molar-refractivity contribution in [1.29, 1.82) is 0 Å². The molecule has 0 amide bonds. The first-order valence-corrected chi connectivity index (χ1v) is 8.69. The molecule has 0 aromatic heterocycles. The van der Waals surface area contributed by atoms with Crippen LogP contribution in [0, 0.1) is 0 Å². The fourth-order valence-electron chi connectivity index (χ4n) is 3.16. The zero-order chi connectivity index (χ0) is 15.2. The summed E-state index contributed by atoms with van der Waals surface area (Å²) < 4.78 is 0. The second-order valence-electron chi connectivity index (χ2n) is 6.22. The maximum Gasteiger partial charge on any atom is 0.171 e. The summed E-state index contributed by atoms with van der Waals surface area (Å²) in [4.78, 5) is 4.71. The summed E-state index contributed by atoms with van der Waals surface area (Å²) in [5.41, 5.74) is 2.96. The molecule has 1 heterocycles. The molecule has 3 nitrogen and oxygen atoms in total. The minimum atomic E-state index is 0.872. The summed E-state index contributed by atoms with van der Waals surface area (Å²) in [6.07, 6.45) is 8.97. The summed E-state index contributed by atoms with van der Waals surface area (Å²) in [6, 6.07) is 10.6. The van der Waals surface area contributed by atoms with Crippen molar-refractivity contribution in [3.05, 3.63) is 47.5 Å². The Labute approximate surface area is 139 Å². The van der Waals surface area contributed by atoms with E-state index in [-0.39, 0.29) is 0 Å². The molecule has 1 saturated heterocycles. The van der Waals surface area contributed by atoms with Crippen molar-refractivity contribution in [2.24, 2.45) is 0 Å². The Bertz CT molecular complexity index is 526. The van der Waals surface area contributed by atoms with Crippen LogP contribution in [0.4, 0.5) is 0 Å². The van der Waals surface area contributed by atoms with Gasteiger partial charge < -0.3 is 10.2 Å². The molecule has 1 aliphatic carbocycles. The molecule has 1 aromatic rings. The Morgan fingerprint density at radius 3 is 2.77 bits per heavy atom. The van der Waals surface area contributed by atoms with Crippen LogP contribution in [0.3, 0.4) is 0 Å². The van der Waals surface area contributed by atoms with Crippen LogP contribution in [-0.2, 0) is 6.54 Å². The van der Waals surface area contributed by atoms with Crippen LogP contribution in [0.5, 0.6) is 0 Å². The number of nitrogens with zero attached hydrogens (tertiary/aromatic N) is 2. The largest absolute Gasteiger partial charge is 0.350 e. The molecule has 118 valence electrons. The van der Waals surface area contributed by atoms with Crippen LogP contribution in [0.25, 0.3) is 0 Å². The SMILES string of the molecule is S=C1NCN(CCC2=CCCCC2)CN1Cc1ccccc1. The first-order valence-electron chi connectivity index (χ1n) is 8.28. The number of benzene rings is 1. The van der Waals surface area contributed by atoms with E-state index in [2.05, 4.69) is 51.5 Å². The molecular formula is C18H25N3S. The average Bonchev–Trinajstić information content (AvgIpc) is 2.57. The zero-order valence-corrected chi connectivity index (χ0v) is 13.9. The molecule has 0 spiro atoms. The Balaban J connectivity index is 1.52. The summed E-state index contributed by atoms with van der Waals surface area (Å²) >= 11 is 5.47. The normalized spacial score (nSPS) is 19.7. The van der Waals surface area contributed by atoms with E-state index in [4.69, 9.17) is 12.2 Å². The maximum absolute atomic E-state index is 5.47. The van der Waals surface area contributed by atoms with Crippen molar-refractivity contribution in [3.63, 3.8) is 0 Å². The lowest BCUT2D eigenvalue weighted by Crippen LogP contribution is -2.55. The molecule has 22 heavy (non-hydrogen) atoms. The fraction of sp³-hybridized carbons (Fsp3) is 0.500. The predicted octanol–water partition coefficient (Wildman–Crippen LogP) is 3.48. The molecule has 1 aliphatic heterocycles. The molecule has 1 fully saturated rings. The molecular weight excluding hydrogens is 290 g/mol. The third-order valence-electron chi connectivity index (χ3n) is 4.46. The Kier molecular flexibility index (Phi) is 5.46. The lowest BCUT2D eigenvalue weighted by molar-refractivity contribution is 0.150. The number of hydrogen-bond donors (Lipinski definition) is 1. The number of nitrogens with one attached hydrogen (secondary N) is 1. The van der Waals surface area contributed by atoms with Crippen molar-refractivity contribution >= 4 is 17.3 Å². The third-order valence-corrected chi connectivity index (χ3v) is 4.86. The third kappa shape index (κ3) is 4.31. The van der Waals surface area contributed by atoms with Gasteiger partial charge in [-0.05, 0) is 49.9 Å². The molecule has 1 N–H and O–H groups in total. The lowest BCUT2D eigenvalue weighted by atomic mass is 9.97. The predicted molar refractivity (Wildman–Crippen MR) is 95.3 cm³/mol. The molecule has 0 saturated carbocycles. The van der Waals surface area contributed by atoms with E-state index in [0.717, 1.165) is 31.5 Å². The highest BCUT2D eigenvalue weighted by Crippen LogP contribution is 2.20. The summed E-state index contributed by atoms with van der Waals surface area (Å²) in [5.74, 6) is 0. The minimum Gasteiger partial charge on any atom is -0.350 e. The number of rotatable bonds is 5. The van der Waals surface area contributed by atoms with E-state index >= 15 is 0 Å². The van der Waals surface area contributed by atoms with E-state index in [0.29, 0.717) is 0 Å². The van der Waals surface area contributed by atoms with Gasteiger partial charge in [-0.2, -0.15) is 0 Å². The van der Waals surface area contributed by atoms with Crippen molar-refractivity contribution < 1.29 is 0 Å². The van der Waals surface area contributed by atoms with Crippen LogP contribution in [0.1, 0.15) is 37.7 Å². The van der Waals surface area contributed by atoms with E-state index in [9.17, 15) is 0 Å². The molecule has 0 unspecified atom stereocenters. The van der Waals surface area contributed by atoms with Crippen LogP contribution in [-0.4, -0.2) is 34.8 Å². The minimum absolute atomic E-state index is 0.872. The van der Waals surface area contributed by atoms with Crippen LogP contribution in [0.2, 0.25) is 0 Å². The van der Waals surface area contributed by atoms with Gasteiger partial charge in [0.1, 0.15) is 0 Å². The van der Waals surface area contributed by atoms with Gasteiger partial charge in [-0.1, -0.05) is 42.0 Å². The van der Waals surface area contributed by atoms with Gasteiger partial charge in [-0.3, -0.25) is 4.90 Å². The second kappa shape index (κ2) is 7.75. The van der Waals surface area contributed by atoms with Crippen molar-refractivity contribution in [3.8, 4) is 0 Å². The van der Waals surface area contributed by atoms with Gasteiger partial charge in [0.25, 0.3) is 0 Å².